The Kier molecular flexibility index (Phi) is 4.31. The zero-order chi connectivity index (χ0) is 16.6. The largest absolute Gasteiger partial charge is 0.470 e. The normalized spacial score (nSPS) is 17.7. The highest BCUT2D eigenvalue weighted by atomic mass is 32.2. The molecule has 3 rings (SSSR count). The Morgan fingerprint density at radius 1 is 1.43 bits per heavy atom. The summed E-state index contributed by atoms with van der Waals surface area (Å²) in [5.74, 6) is 0.101. The molecule has 2 heterocycles. The third-order valence-electron chi connectivity index (χ3n) is 3.63. The number of aryl methyl sites for hydroxylation is 1. The molecule has 0 aliphatic carbocycles. The van der Waals surface area contributed by atoms with E-state index < -0.39 is 10.0 Å². The fourth-order valence-electron chi connectivity index (χ4n) is 2.40. The van der Waals surface area contributed by atoms with E-state index in [0.717, 1.165) is 16.8 Å². The number of thiophene rings is 1. The number of hydrogen-bond acceptors (Lipinski definition) is 5. The van der Waals surface area contributed by atoms with Crippen molar-refractivity contribution in [2.24, 2.45) is 0 Å². The number of ether oxygens (including phenoxy) is 1. The van der Waals surface area contributed by atoms with Gasteiger partial charge < -0.3 is 10.1 Å². The first-order chi connectivity index (χ1) is 10.9. The summed E-state index contributed by atoms with van der Waals surface area (Å²) in [5, 5.41) is 5.12. The van der Waals surface area contributed by atoms with Crippen molar-refractivity contribution in [1.29, 1.82) is 0 Å². The molecule has 1 atom stereocenters. The van der Waals surface area contributed by atoms with Gasteiger partial charge in [0.1, 0.15) is 4.21 Å². The number of hydrogen-bond donors (Lipinski definition) is 2. The van der Waals surface area contributed by atoms with Gasteiger partial charge in [0.05, 0.1) is 12.3 Å². The molecule has 2 aromatic rings. The topological polar surface area (TPSA) is 67.4 Å². The monoisotopic (exact) mass is 368 g/mol. The lowest BCUT2D eigenvalue weighted by molar-refractivity contribution is 0.294. The smallest absolute Gasteiger partial charge is 0.271 e. The van der Waals surface area contributed by atoms with E-state index in [2.05, 4.69) is 10.0 Å². The SMILES string of the molecule is Cc1cc2c(cc1NS(=O)(=O)c1cccs1)C(C)COC(=S)N2. The maximum Gasteiger partial charge on any atom is 0.271 e. The second-order valence-corrected chi connectivity index (χ2v) is 8.64. The van der Waals surface area contributed by atoms with Crippen LogP contribution in [0, 0.1) is 6.92 Å². The predicted molar refractivity (Wildman–Crippen MR) is 96.9 cm³/mol. The Bertz CT molecular complexity index is 845. The van der Waals surface area contributed by atoms with E-state index in [1.807, 2.05) is 26.0 Å². The van der Waals surface area contributed by atoms with Crippen molar-refractivity contribution < 1.29 is 13.2 Å². The van der Waals surface area contributed by atoms with Crippen LogP contribution in [0.2, 0.25) is 0 Å². The first kappa shape index (κ1) is 16.2. The lowest BCUT2D eigenvalue weighted by Crippen LogP contribution is -2.13. The fraction of sp³-hybridized carbons (Fsp3) is 0.267. The molecular weight excluding hydrogens is 352 g/mol. The average molecular weight is 369 g/mol. The molecule has 0 saturated carbocycles. The first-order valence-corrected chi connectivity index (χ1v) is 9.78. The van der Waals surface area contributed by atoms with E-state index in [0.29, 0.717) is 21.7 Å². The van der Waals surface area contributed by atoms with E-state index >= 15 is 0 Å². The minimum atomic E-state index is -3.57. The van der Waals surface area contributed by atoms with Crippen LogP contribution in [0.15, 0.2) is 33.9 Å². The molecule has 0 radical (unpaired) electrons. The van der Waals surface area contributed by atoms with E-state index in [9.17, 15) is 8.42 Å². The molecule has 0 saturated heterocycles. The predicted octanol–water partition coefficient (Wildman–Crippen LogP) is 3.69. The van der Waals surface area contributed by atoms with Crippen molar-refractivity contribution in [3.63, 3.8) is 0 Å². The summed E-state index contributed by atoms with van der Waals surface area (Å²) in [4.78, 5) is 0. The number of anilines is 2. The van der Waals surface area contributed by atoms with E-state index in [4.69, 9.17) is 17.0 Å². The molecule has 1 aliphatic heterocycles. The minimum absolute atomic E-state index is 0.101. The highest BCUT2D eigenvalue weighted by Gasteiger charge is 2.22. The molecule has 2 N–H and O–H groups in total. The summed E-state index contributed by atoms with van der Waals surface area (Å²) in [6.45, 7) is 4.33. The molecule has 1 unspecified atom stereocenters. The fourth-order valence-corrected chi connectivity index (χ4v) is 4.69. The van der Waals surface area contributed by atoms with Gasteiger partial charge in [0.2, 0.25) is 0 Å². The molecule has 23 heavy (non-hydrogen) atoms. The van der Waals surface area contributed by atoms with Gasteiger partial charge in [-0.15, -0.1) is 11.3 Å². The second-order valence-electron chi connectivity index (χ2n) is 5.42. The lowest BCUT2D eigenvalue weighted by Gasteiger charge is -2.16. The standard InChI is InChI=1S/C15H16N2O3S3/c1-9-6-13-11(10(2)8-20-15(21)16-13)7-12(9)17-23(18,19)14-4-3-5-22-14/h3-7,10,17H,8H2,1-2H3,(H,16,21). The van der Waals surface area contributed by atoms with Crippen LogP contribution < -0.4 is 10.0 Å². The Hall–Kier alpha value is -1.64. The van der Waals surface area contributed by atoms with Gasteiger partial charge in [-0.25, -0.2) is 8.42 Å². The summed E-state index contributed by atoms with van der Waals surface area (Å²) in [7, 11) is -3.57. The highest BCUT2D eigenvalue weighted by Crippen LogP contribution is 2.34. The van der Waals surface area contributed by atoms with Crippen LogP contribution in [0.5, 0.6) is 0 Å². The van der Waals surface area contributed by atoms with Crippen LogP contribution in [0.4, 0.5) is 11.4 Å². The average Bonchev–Trinajstić information content (AvgIpc) is 2.98. The van der Waals surface area contributed by atoms with Crippen LogP contribution >= 0.6 is 23.6 Å². The van der Waals surface area contributed by atoms with Crippen molar-refractivity contribution in [2.45, 2.75) is 24.0 Å². The van der Waals surface area contributed by atoms with Gasteiger partial charge in [0.15, 0.2) is 0 Å². The quantitative estimate of drug-likeness (QED) is 0.809. The molecule has 0 spiro atoms. The van der Waals surface area contributed by atoms with Crippen LogP contribution in [-0.4, -0.2) is 20.2 Å². The zero-order valence-electron chi connectivity index (χ0n) is 12.6. The van der Waals surface area contributed by atoms with Gasteiger partial charge in [-0.1, -0.05) is 13.0 Å². The van der Waals surface area contributed by atoms with Gasteiger partial charge in [-0.3, -0.25) is 4.72 Å². The maximum absolute atomic E-state index is 12.4. The van der Waals surface area contributed by atoms with Gasteiger partial charge >= 0.3 is 0 Å². The van der Waals surface area contributed by atoms with E-state index in [1.165, 1.54) is 11.3 Å². The minimum Gasteiger partial charge on any atom is -0.470 e. The van der Waals surface area contributed by atoms with Gasteiger partial charge in [0, 0.05) is 11.6 Å². The van der Waals surface area contributed by atoms with Crippen molar-refractivity contribution in [3.05, 3.63) is 40.8 Å². The highest BCUT2D eigenvalue weighted by molar-refractivity contribution is 7.94. The number of benzene rings is 1. The Morgan fingerprint density at radius 3 is 2.91 bits per heavy atom. The molecule has 0 amide bonds. The zero-order valence-corrected chi connectivity index (χ0v) is 15.1. The lowest BCUT2D eigenvalue weighted by atomic mass is 9.97. The van der Waals surface area contributed by atoms with Crippen molar-refractivity contribution in [2.75, 3.05) is 16.6 Å². The Labute approximate surface area is 144 Å². The molecule has 0 bridgehead atoms. The second kappa shape index (κ2) is 6.10. The maximum atomic E-state index is 12.4. The molecule has 1 aromatic carbocycles. The molecule has 122 valence electrons. The Morgan fingerprint density at radius 2 is 2.22 bits per heavy atom. The molecule has 1 aliphatic rings. The summed E-state index contributed by atoms with van der Waals surface area (Å²) in [5.41, 5.74) is 3.21. The first-order valence-electron chi connectivity index (χ1n) is 7.01. The third kappa shape index (κ3) is 3.34. The molecule has 5 nitrogen and oxygen atoms in total. The summed E-state index contributed by atoms with van der Waals surface area (Å²) in [6.07, 6.45) is 0. The van der Waals surface area contributed by atoms with Crippen LogP contribution in [0.1, 0.15) is 24.0 Å². The van der Waals surface area contributed by atoms with Crippen LogP contribution in [-0.2, 0) is 14.8 Å². The van der Waals surface area contributed by atoms with E-state index in [1.54, 1.807) is 17.5 Å². The number of rotatable bonds is 3. The summed E-state index contributed by atoms with van der Waals surface area (Å²) < 4.78 is 33.2. The van der Waals surface area contributed by atoms with Gasteiger partial charge in [-0.05, 0) is 53.8 Å². The van der Waals surface area contributed by atoms with E-state index in [-0.39, 0.29) is 5.92 Å². The number of fused-ring (bicyclic) bond motifs is 1. The number of sulfonamides is 1. The molecular formula is C15H16N2O3S3. The van der Waals surface area contributed by atoms with Crippen LogP contribution in [0.3, 0.4) is 0 Å². The van der Waals surface area contributed by atoms with Crippen molar-refractivity contribution >= 4 is 50.1 Å². The molecule has 1 aromatic heterocycles. The van der Waals surface area contributed by atoms with Crippen molar-refractivity contribution in [3.8, 4) is 0 Å². The van der Waals surface area contributed by atoms with Gasteiger partial charge in [0.25, 0.3) is 15.2 Å². The number of nitrogens with one attached hydrogen (secondary N) is 2. The Balaban J connectivity index is 2.00. The van der Waals surface area contributed by atoms with Crippen LogP contribution in [0.25, 0.3) is 0 Å². The molecule has 8 heteroatoms. The van der Waals surface area contributed by atoms with Gasteiger partial charge in [-0.2, -0.15) is 0 Å². The number of thiocarbonyl (C=S) groups is 1. The summed E-state index contributed by atoms with van der Waals surface area (Å²) >= 11 is 6.28. The third-order valence-corrected chi connectivity index (χ3v) is 6.62. The van der Waals surface area contributed by atoms with Crippen molar-refractivity contribution in [1.82, 2.24) is 0 Å². The summed E-state index contributed by atoms with van der Waals surface area (Å²) in [6, 6.07) is 7.04. The molecule has 0 fully saturated rings.